The Kier molecular flexibility index (Phi) is 6.49. The number of thiol groups is 1. The Morgan fingerprint density at radius 3 is 2.52 bits per heavy atom. The molecule has 0 heterocycles. The summed E-state index contributed by atoms with van der Waals surface area (Å²) in [5.41, 5.74) is -0.989. The number of carbonyl (C=O) groups excluding carboxylic acids is 1. The lowest BCUT2D eigenvalue weighted by Crippen LogP contribution is -2.40. The summed E-state index contributed by atoms with van der Waals surface area (Å²) in [6.07, 6.45) is -4.57. The summed E-state index contributed by atoms with van der Waals surface area (Å²) in [4.78, 5) is 11.5. The van der Waals surface area contributed by atoms with Gasteiger partial charge in [0.05, 0.1) is 17.9 Å². The number of rotatable bonds is 6. The zero-order valence-electron chi connectivity index (χ0n) is 12.4. The molecule has 0 aliphatic carbocycles. The van der Waals surface area contributed by atoms with Crippen molar-refractivity contribution < 1.29 is 31.1 Å². The summed E-state index contributed by atoms with van der Waals surface area (Å²) in [5.74, 6) is -1.55. The van der Waals surface area contributed by atoms with E-state index >= 15 is 0 Å². The molecule has 1 aromatic carbocycles. The summed E-state index contributed by atoms with van der Waals surface area (Å²) in [7, 11) is -2.94. The van der Waals surface area contributed by atoms with Crippen LogP contribution in [0.2, 0.25) is 0 Å². The molecule has 0 bridgehead atoms. The van der Waals surface area contributed by atoms with Crippen LogP contribution in [0, 0.1) is 0 Å². The Morgan fingerprint density at radius 1 is 1.39 bits per heavy atom. The van der Waals surface area contributed by atoms with Gasteiger partial charge in [-0.2, -0.15) is 17.5 Å². The van der Waals surface area contributed by atoms with Gasteiger partial charge in [0.1, 0.15) is 0 Å². The molecule has 0 N–H and O–H groups in total. The minimum atomic E-state index is -4.57. The van der Waals surface area contributed by atoms with Crippen molar-refractivity contribution in [2.75, 3.05) is 13.7 Å². The molecule has 0 aliphatic heterocycles. The topological polar surface area (TPSA) is 63.7 Å². The SMILES string of the molecule is CCOC(=O)C(S)N(C)S(=O)(=O)Cc1cccc(C(F)(F)F)c1. The molecular formula is C13H16F3NO4S2. The molecule has 0 amide bonds. The van der Waals surface area contributed by atoms with Gasteiger partial charge in [-0.15, -0.1) is 12.6 Å². The molecule has 0 saturated carbocycles. The third kappa shape index (κ3) is 5.40. The fourth-order valence-corrected chi connectivity index (χ4v) is 3.37. The normalized spacial score (nSPS) is 13.9. The first-order chi connectivity index (χ1) is 10.5. The number of likely N-dealkylation sites (N-methyl/N-ethyl adjacent to an activating group) is 1. The molecule has 1 aromatic rings. The van der Waals surface area contributed by atoms with Crippen molar-refractivity contribution in [3.8, 4) is 0 Å². The van der Waals surface area contributed by atoms with Crippen LogP contribution in [0.1, 0.15) is 18.1 Å². The van der Waals surface area contributed by atoms with Crippen molar-refractivity contribution in [1.29, 1.82) is 0 Å². The Balaban J connectivity index is 2.96. The van der Waals surface area contributed by atoms with E-state index in [1.807, 2.05) is 0 Å². The second-order valence-electron chi connectivity index (χ2n) is 4.60. The van der Waals surface area contributed by atoms with Crippen LogP contribution in [0.15, 0.2) is 24.3 Å². The number of benzene rings is 1. The van der Waals surface area contributed by atoms with E-state index in [2.05, 4.69) is 17.4 Å². The Hall–Kier alpha value is -1.26. The van der Waals surface area contributed by atoms with E-state index in [-0.39, 0.29) is 12.2 Å². The van der Waals surface area contributed by atoms with Crippen LogP contribution in [-0.2, 0) is 31.5 Å². The van der Waals surface area contributed by atoms with Crippen LogP contribution >= 0.6 is 12.6 Å². The van der Waals surface area contributed by atoms with Gasteiger partial charge in [-0.05, 0) is 18.6 Å². The first-order valence-corrected chi connectivity index (χ1v) is 8.58. The number of sulfonamides is 1. The first-order valence-electron chi connectivity index (χ1n) is 6.45. The van der Waals surface area contributed by atoms with Gasteiger partial charge in [0.2, 0.25) is 10.0 Å². The third-order valence-corrected chi connectivity index (χ3v) is 5.38. The Labute approximate surface area is 137 Å². The number of nitrogens with zero attached hydrogens (tertiary/aromatic N) is 1. The number of halogens is 3. The lowest BCUT2D eigenvalue weighted by molar-refractivity contribution is -0.144. The van der Waals surface area contributed by atoms with Crippen LogP contribution in [0.3, 0.4) is 0 Å². The summed E-state index contributed by atoms with van der Waals surface area (Å²) >= 11 is 3.87. The van der Waals surface area contributed by atoms with Crippen molar-refractivity contribution in [2.45, 2.75) is 24.2 Å². The molecule has 0 radical (unpaired) electrons. The highest BCUT2D eigenvalue weighted by Crippen LogP contribution is 2.30. The molecule has 1 unspecified atom stereocenters. The van der Waals surface area contributed by atoms with Gasteiger partial charge in [-0.3, -0.25) is 0 Å². The van der Waals surface area contributed by atoms with Crippen molar-refractivity contribution in [2.24, 2.45) is 0 Å². The average Bonchev–Trinajstić information content (AvgIpc) is 2.44. The second kappa shape index (κ2) is 7.54. The lowest BCUT2D eigenvalue weighted by atomic mass is 10.1. The van der Waals surface area contributed by atoms with Gasteiger partial charge in [0, 0.05) is 7.05 Å². The van der Waals surface area contributed by atoms with Crippen LogP contribution < -0.4 is 0 Å². The molecule has 0 aromatic heterocycles. The number of esters is 1. The zero-order valence-corrected chi connectivity index (χ0v) is 14.1. The van der Waals surface area contributed by atoms with Gasteiger partial charge in [0.15, 0.2) is 5.37 Å². The molecule has 0 fully saturated rings. The maximum atomic E-state index is 12.6. The highest BCUT2D eigenvalue weighted by Gasteiger charge is 2.32. The minimum absolute atomic E-state index is 0.0453. The summed E-state index contributed by atoms with van der Waals surface area (Å²) < 4.78 is 67.7. The lowest BCUT2D eigenvalue weighted by Gasteiger charge is -2.22. The van der Waals surface area contributed by atoms with Gasteiger partial charge in [-0.1, -0.05) is 18.2 Å². The smallest absolute Gasteiger partial charge is 0.416 e. The van der Waals surface area contributed by atoms with Crippen molar-refractivity contribution in [1.82, 2.24) is 4.31 Å². The van der Waals surface area contributed by atoms with E-state index in [4.69, 9.17) is 0 Å². The Morgan fingerprint density at radius 2 is 2.00 bits per heavy atom. The van der Waals surface area contributed by atoms with Gasteiger partial charge < -0.3 is 4.74 Å². The zero-order chi connectivity index (χ0) is 17.8. The van der Waals surface area contributed by atoms with Gasteiger partial charge in [0.25, 0.3) is 0 Å². The molecule has 0 aliphatic rings. The number of hydrogen-bond acceptors (Lipinski definition) is 5. The molecule has 1 rings (SSSR count). The second-order valence-corrected chi connectivity index (χ2v) is 7.11. The number of hydrogen-bond donors (Lipinski definition) is 1. The molecule has 1 atom stereocenters. The maximum Gasteiger partial charge on any atom is 0.416 e. The monoisotopic (exact) mass is 371 g/mol. The Bertz CT molecular complexity index is 661. The standard InChI is InChI=1S/C13H16F3NO4S2/c1-3-21-12(18)11(22)17(2)23(19,20)8-9-5-4-6-10(7-9)13(14,15)16/h4-7,11,22H,3,8H2,1-2H3. The fourth-order valence-electron chi connectivity index (χ4n) is 1.67. The maximum absolute atomic E-state index is 12.6. The molecule has 0 saturated heterocycles. The fraction of sp³-hybridized carbons (Fsp3) is 0.462. The highest BCUT2D eigenvalue weighted by atomic mass is 32.2. The van der Waals surface area contributed by atoms with E-state index in [0.29, 0.717) is 4.31 Å². The molecular weight excluding hydrogens is 355 g/mol. The van der Waals surface area contributed by atoms with Crippen LogP contribution in [-0.4, -0.2) is 37.7 Å². The van der Waals surface area contributed by atoms with Gasteiger partial charge >= 0.3 is 12.1 Å². The van der Waals surface area contributed by atoms with Crippen molar-refractivity contribution >= 4 is 28.6 Å². The van der Waals surface area contributed by atoms with E-state index in [9.17, 15) is 26.4 Å². The van der Waals surface area contributed by atoms with E-state index in [1.165, 1.54) is 6.07 Å². The largest absolute Gasteiger partial charge is 0.464 e. The highest BCUT2D eigenvalue weighted by molar-refractivity contribution is 7.89. The predicted molar refractivity (Wildman–Crippen MR) is 81.2 cm³/mol. The quantitative estimate of drug-likeness (QED) is 0.473. The average molecular weight is 371 g/mol. The number of ether oxygens (including phenoxy) is 1. The minimum Gasteiger partial charge on any atom is -0.464 e. The van der Waals surface area contributed by atoms with E-state index in [0.717, 1.165) is 25.2 Å². The molecule has 5 nitrogen and oxygen atoms in total. The summed E-state index contributed by atoms with van der Waals surface area (Å²) in [6, 6.07) is 3.98. The van der Waals surface area contributed by atoms with E-state index in [1.54, 1.807) is 6.92 Å². The molecule has 130 valence electrons. The predicted octanol–water partition coefficient (Wildman–Crippen LogP) is 2.29. The molecule has 23 heavy (non-hydrogen) atoms. The van der Waals surface area contributed by atoms with Crippen LogP contribution in [0.4, 0.5) is 13.2 Å². The number of alkyl halides is 3. The van der Waals surface area contributed by atoms with Crippen molar-refractivity contribution in [3.05, 3.63) is 35.4 Å². The first kappa shape index (κ1) is 19.8. The summed E-state index contributed by atoms with van der Waals surface area (Å²) in [5, 5.41) is -1.37. The van der Waals surface area contributed by atoms with Crippen LogP contribution in [0.5, 0.6) is 0 Å². The van der Waals surface area contributed by atoms with Crippen LogP contribution in [0.25, 0.3) is 0 Å². The van der Waals surface area contributed by atoms with Crippen molar-refractivity contribution in [3.63, 3.8) is 0 Å². The molecule has 0 spiro atoms. The summed E-state index contributed by atoms with van der Waals surface area (Å²) in [6.45, 7) is 1.60. The van der Waals surface area contributed by atoms with Gasteiger partial charge in [-0.25, -0.2) is 13.2 Å². The van der Waals surface area contributed by atoms with E-state index < -0.39 is 38.9 Å². The number of carbonyl (C=O) groups is 1. The third-order valence-electron chi connectivity index (χ3n) is 2.88. The molecule has 10 heteroatoms.